The van der Waals surface area contributed by atoms with E-state index in [2.05, 4.69) is 0 Å². The monoisotopic (exact) mass is 512 g/mol. The normalized spacial score (nSPS) is 17.4. The molecular formula is C32H24N4O3. The van der Waals surface area contributed by atoms with E-state index in [1.165, 1.54) is 5.01 Å². The van der Waals surface area contributed by atoms with Crippen molar-refractivity contribution in [2.75, 3.05) is 5.01 Å². The number of fused-ring (bicyclic) bond motifs is 5. The van der Waals surface area contributed by atoms with Crippen LogP contribution in [0.4, 0.5) is 5.69 Å². The summed E-state index contributed by atoms with van der Waals surface area (Å²) in [7, 11) is 0. The van der Waals surface area contributed by atoms with Crippen molar-refractivity contribution in [2.45, 2.75) is 19.4 Å². The fourth-order valence-electron chi connectivity index (χ4n) is 6.04. The van der Waals surface area contributed by atoms with Crippen LogP contribution in [0.2, 0.25) is 0 Å². The lowest BCUT2D eigenvalue weighted by atomic mass is 9.85. The molecule has 7 rings (SSSR count). The van der Waals surface area contributed by atoms with Crippen LogP contribution in [-0.4, -0.2) is 26.1 Å². The van der Waals surface area contributed by atoms with Crippen molar-refractivity contribution in [3.63, 3.8) is 0 Å². The molecule has 0 fully saturated rings. The minimum Gasteiger partial charge on any atom is -0.507 e. The number of para-hydroxylation sites is 2. The Kier molecular flexibility index (Phi) is 4.81. The minimum atomic E-state index is -1.33. The van der Waals surface area contributed by atoms with Crippen molar-refractivity contribution in [2.24, 2.45) is 5.10 Å². The summed E-state index contributed by atoms with van der Waals surface area (Å²) in [5, 5.41) is 17.3. The van der Waals surface area contributed by atoms with Crippen molar-refractivity contribution < 1.29 is 9.90 Å². The number of phenols is 1. The van der Waals surface area contributed by atoms with Gasteiger partial charge in [-0.15, -0.1) is 0 Å². The highest BCUT2D eigenvalue weighted by molar-refractivity contribution is 6.23. The zero-order valence-electron chi connectivity index (χ0n) is 21.4. The first-order valence-corrected chi connectivity index (χ1v) is 12.7. The number of hydrogen-bond acceptors (Lipinski definition) is 4. The highest BCUT2D eigenvalue weighted by Gasteiger charge is 2.59. The number of phenolic OH excluding ortho intramolecular Hbond substituents is 1. The molecule has 2 aliphatic rings. The minimum absolute atomic E-state index is 0.00203. The molecule has 0 aliphatic carbocycles. The number of nitrogens with zero attached hydrogens (tertiary/aromatic N) is 4. The van der Waals surface area contributed by atoms with Gasteiger partial charge in [-0.2, -0.15) is 10.1 Å². The van der Waals surface area contributed by atoms with Gasteiger partial charge >= 0.3 is 0 Å². The van der Waals surface area contributed by atoms with Crippen LogP contribution < -0.4 is 10.6 Å². The molecule has 3 heterocycles. The van der Waals surface area contributed by atoms with Crippen LogP contribution in [0.3, 0.4) is 0 Å². The SMILES string of the molecule is CC1=NN(c2ccccc2)C(=O)C12c1ccccc1-n1c(=O)c(-c3ccc(-c4ccccc4)cc3O)c(C)n12. The van der Waals surface area contributed by atoms with Gasteiger partial charge in [0.1, 0.15) is 5.75 Å². The fourth-order valence-corrected chi connectivity index (χ4v) is 6.04. The molecule has 7 nitrogen and oxygen atoms in total. The smallest absolute Gasteiger partial charge is 0.285 e. The van der Waals surface area contributed by atoms with Crippen LogP contribution in [-0.2, 0) is 10.3 Å². The topological polar surface area (TPSA) is 79.8 Å². The Balaban J connectivity index is 1.46. The van der Waals surface area contributed by atoms with Crippen LogP contribution in [0.5, 0.6) is 5.75 Å². The molecule has 1 amide bonds. The van der Waals surface area contributed by atoms with Crippen molar-refractivity contribution >= 4 is 17.3 Å². The second kappa shape index (κ2) is 8.16. The van der Waals surface area contributed by atoms with Gasteiger partial charge in [-0.3, -0.25) is 14.3 Å². The number of carbonyl (C=O) groups is 1. The summed E-state index contributed by atoms with van der Waals surface area (Å²) in [4.78, 5) is 28.5. The average molecular weight is 513 g/mol. The lowest BCUT2D eigenvalue weighted by molar-refractivity contribution is -0.122. The molecule has 1 unspecified atom stereocenters. The average Bonchev–Trinajstić information content (AvgIpc) is 3.52. The zero-order chi connectivity index (χ0) is 26.9. The van der Waals surface area contributed by atoms with Gasteiger partial charge in [0.05, 0.1) is 22.6 Å². The summed E-state index contributed by atoms with van der Waals surface area (Å²) < 4.78 is 3.31. The zero-order valence-corrected chi connectivity index (χ0v) is 21.4. The molecule has 5 aromatic rings. The molecule has 190 valence electrons. The number of hydrogen-bond donors (Lipinski definition) is 1. The predicted molar refractivity (Wildman–Crippen MR) is 151 cm³/mol. The molecule has 2 aliphatic heterocycles. The number of aromatic hydroxyl groups is 1. The van der Waals surface area contributed by atoms with Gasteiger partial charge < -0.3 is 5.11 Å². The summed E-state index contributed by atoms with van der Waals surface area (Å²) in [5.74, 6) is -0.268. The predicted octanol–water partition coefficient (Wildman–Crippen LogP) is 5.47. The van der Waals surface area contributed by atoms with Crippen LogP contribution in [0.15, 0.2) is 113 Å². The van der Waals surface area contributed by atoms with Crippen molar-refractivity contribution in [1.29, 1.82) is 0 Å². The molecule has 1 N–H and O–H groups in total. The molecule has 39 heavy (non-hydrogen) atoms. The van der Waals surface area contributed by atoms with Gasteiger partial charge in [-0.05, 0) is 55.3 Å². The van der Waals surface area contributed by atoms with Crippen molar-refractivity contribution in [3.8, 4) is 33.7 Å². The fraction of sp³-hybridized carbons (Fsp3) is 0.0938. The number of amides is 1. The van der Waals surface area contributed by atoms with E-state index >= 15 is 0 Å². The molecule has 0 bridgehead atoms. The molecule has 0 radical (unpaired) electrons. The van der Waals surface area contributed by atoms with Crippen molar-refractivity contribution in [1.82, 2.24) is 9.36 Å². The Morgan fingerprint density at radius 1 is 0.769 bits per heavy atom. The van der Waals surface area contributed by atoms with Gasteiger partial charge in [0.15, 0.2) is 0 Å². The van der Waals surface area contributed by atoms with E-state index in [0.29, 0.717) is 39.5 Å². The largest absolute Gasteiger partial charge is 0.507 e. The van der Waals surface area contributed by atoms with E-state index in [9.17, 15) is 14.7 Å². The molecule has 1 atom stereocenters. The first-order valence-electron chi connectivity index (χ1n) is 12.7. The third-order valence-corrected chi connectivity index (χ3v) is 7.78. The van der Waals surface area contributed by atoms with E-state index in [1.807, 2.05) is 105 Å². The van der Waals surface area contributed by atoms with E-state index in [0.717, 1.165) is 11.1 Å². The molecule has 7 heteroatoms. The number of aromatic nitrogens is 2. The highest BCUT2D eigenvalue weighted by Crippen LogP contribution is 2.46. The number of benzene rings is 4. The first kappa shape index (κ1) is 23.0. The number of hydrazone groups is 1. The van der Waals surface area contributed by atoms with E-state index in [-0.39, 0.29) is 17.2 Å². The van der Waals surface area contributed by atoms with E-state index < -0.39 is 5.54 Å². The van der Waals surface area contributed by atoms with Crippen LogP contribution in [0.1, 0.15) is 18.2 Å². The Bertz CT molecular complexity index is 1890. The summed E-state index contributed by atoms with van der Waals surface area (Å²) in [5.41, 5.74) is 4.03. The van der Waals surface area contributed by atoms with Crippen LogP contribution >= 0.6 is 0 Å². The van der Waals surface area contributed by atoms with Crippen LogP contribution in [0.25, 0.3) is 27.9 Å². The molecule has 0 saturated heterocycles. The summed E-state index contributed by atoms with van der Waals surface area (Å²) in [6, 6.07) is 31.8. The maximum absolute atomic E-state index is 14.4. The first-order chi connectivity index (χ1) is 18.9. The van der Waals surface area contributed by atoms with Gasteiger partial charge in [-0.25, -0.2) is 4.68 Å². The Labute approximate surface area is 224 Å². The van der Waals surface area contributed by atoms with E-state index in [1.54, 1.807) is 21.5 Å². The molecule has 4 aromatic carbocycles. The maximum atomic E-state index is 14.4. The summed E-state index contributed by atoms with van der Waals surface area (Å²) in [6.07, 6.45) is 0. The second-order valence-corrected chi connectivity index (χ2v) is 9.85. The van der Waals surface area contributed by atoms with Gasteiger partial charge in [0.25, 0.3) is 11.5 Å². The summed E-state index contributed by atoms with van der Waals surface area (Å²) in [6.45, 7) is 3.64. The third-order valence-electron chi connectivity index (χ3n) is 7.78. The Morgan fingerprint density at radius 3 is 2.15 bits per heavy atom. The lowest BCUT2D eigenvalue weighted by Gasteiger charge is -2.27. The molecule has 0 saturated carbocycles. The number of carbonyl (C=O) groups excluding carboxylic acids is 1. The highest BCUT2D eigenvalue weighted by atomic mass is 16.3. The third kappa shape index (κ3) is 2.95. The quantitative estimate of drug-likeness (QED) is 0.348. The molecular weight excluding hydrogens is 488 g/mol. The Morgan fingerprint density at radius 2 is 1.44 bits per heavy atom. The Hall–Kier alpha value is -5.17. The van der Waals surface area contributed by atoms with E-state index in [4.69, 9.17) is 5.10 Å². The number of anilines is 1. The van der Waals surface area contributed by atoms with Gasteiger partial charge in [0, 0.05) is 16.8 Å². The van der Waals surface area contributed by atoms with Gasteiger partial charge in [-0.1, -0.05) is 72.8 Å². The second-order valence-electron chi connectivity index (χ2n) is 9.85. The molecule has 1 spiro atoms. The summed E-state index contributed by atoms with van der Waals surface area (Å²) >= 11 is 0. The lowest BCUT2D eigenvalue weighted by Crippen LogP contribution is -2.48. The standard InChI is InChI=1S/C32H24N4O3/c1-20-29(25-18-17-23(19-28(25)37)22-11-5-3-6-12-22)30(38)35-27-16-10-9-15-26(27)32(36(20)35)21(2)33-34(31(32)39)24-13-7-4-8-14-24/h3-19,37H,1-2H3. The van der Waals surface area contributed by atoms with Crippen molar-refractivity contribution in [3.05, 3.63) is 125 Å². The van der Waals surface area contributed by atoms with Crippen LogP contribution in [0, 0.1) is 6.92 Å². The number of rotatable bonds is 3. The molecule has 1 aromatic heterocycles. The van der Waals surface area contributed by atoms with Gasteiger partial charge in [0.2, 0.25) is 5.54 Å². The maximum Gasteiger partial charge on any atom is 0.285 e.